The summed E-state index contributed by atoms with van der Waals surface area (Å²) in [5, 5.41) is 18.8. The lowest BCUT2D eigenvalue weighted by molar-refractivity contribution is 0.177. The molecule has 3 aromatic carbocycles. The maximum atomic E-state index is 14.1. The van der Waals surface area contributed by atoms with Crippen molar-refractivity contribution < 1.29 is 40.4 Å². The first-order valence-corrected chi connectivity index (χ1v) is 9.41. The van der Waals surface area contributed by atoms with Crippen molar-refractivity contribution in [3.63, 3.8) is 0 Å². The summed E-state index contributed by atoms with van der Waals surface area (Å²) in [4.78, 5) is -0.372. The molecule has 2 N–H and O–H groups in total. The minimum atomic E-state index is -4.50. The van der Waals surface area contributed by atoms with Gasteiger partial charge in [-0.05, 0) is 30.3 Å². The second-order valence-electron chi connectivity index (χ2n) is 6.29. The zero-order chi connectivity index (χ0) is 21.1. The van der Waals surface area contributed by atoms with Gasteiger partial charge in [-0.25, -0.2) is 21.7 Å². The predicted octanol–water partition coefficient (Wildman–Crippen LogP) is 3.67. The molecule has 10 heteroatoms. The number of phenols is 2. The fourth-order valence-corrected chi connectivity index (χ4v) is 4.77. The van der Waals surface area contributed by atoms with Crippen LogP contribution >= 0.6 is 0 Å². The van der Waals surface area contributed by atoms with Crippen LogP contribution < -0.4 is 0 Å². The number of aromatic hydroxyl groups is 2. The molecule has 0 atom stereocenters. The Kier molecular flexibility index (Phi) is 4.10. The van der Waals surface area contributed by atoms with Crippen LogP contribution in [-0.2, 0) is 19.9 Å². The molecule has 150 valence electrons. The van der Waals surface area contributed by atoms with Crippen molar-refractivity contribution in [2.75, 3.05) is 0 Å². The van der Waals surface area contributed by atoms with Gasteiger partial charge in [0.25, 0.3) is 10.1 Å². The number of benzene rings is 3. The molecule has 1 aliphatic rings. The van der Waals surface area contributed by atoms with E-state index in [4.69, 9.17) is 4.18 Å². The number of rotatable bonds is 2. The highest BCUT2D eigenvalue weighted by atomic mass is 32.2. The minimum absolute atomic E-state index is 0.158. The molecule has 0 amide bonds. The molecule has 0 aromatic heterocycles. The molecule has 1 aliphatic heterocycles. The smallest absolute Gasteiger partial charge is 0.298 e. The summed E-state index contributed by atoms with van der Waals surface area (Å²) in [6, 6.07) is 7.57. The fourth-order valence-electron chi connectivity index (χ4n) is 3.34. The minimum Gasteiger partial charge on any atom is -0.503 e. The number of hydrogen-bond acceptors (Lipinski definition) is 5. The molecule has 0 unspecified atom stereocenters. The number of phenolic OH excluding ortho intramolecular Hbond substituents is 2. The van der Waals surface area contributed by atoms with Crippen molar-refractivity contribution >= 4 is 10.1 Å². The van der Waals surface area contributed by atoms with E-state index >= 15 is 0 Å². The molecule has 29 heavy (non-hydrogen) atoms. The SMILES string of the molecule is O=S1(=O)OC(c2cc([18F])c(O)c([18F])c2)(c2cc([18F])c(O)c([18F])c2)c2ccccc21. The first-order valence-electron chi connectivity index (χ1n) is 8.00. The summed E-state index contributed by atoms with van der Waals surface area (Å²) >= 11 is 0. The van der Waals surface area contributed by atoms with Crippen molar-refractivity contribution in [1.29, 1.82) is 0 Å². The van der Waals surface area contributed by atoms with Crippen molar-refractivity contribution in [3.8, 4) is 11.5 Å². The molecular weight excluding hydrogens is 412 g/mol. The van der Waals surface area contributed by atoms with E-state index in [-0.39, 0.29) is 10.5 Å². The molecular formula is C19H10F4O5S. The molecule has 5 nitrogen and oxygen atoms in total. The van der Waals surface area contributed by atoms with Crippen LogP contribution in [0, 0.1) is 23.3 Å². The first kappa shape index (κ1) is 19.2. The van der Waals surface area contributed by atoms with Crippen molar-refractivity contribution in [3.05, 3.63) is 88.5 Å². The van der Waals surface area contributed by atoms with Gasteiger partial charge < -0.3 is 10.2 Å². The Bertz CT molecular complexity index is 1170. The molecule has 4 rings (SSSR count). The Morgan fingerprint density at radius 3 is 1.62 bits per heavy atom. The third-order valence-corrected chi connectivity index (χ3v) is 5.98. The highest BCUT2D eigenvalue weighted by Gasteiger charge is 2.52. The van der Waals surface area contributed by atoms with Gasteiger partial charge in [-0.3, -0.25) is 0 Å². The Morgan fingerprint density at radius 1 is 0.759 bits per heavy atom. The van der Waals surface area contributed by atoms with Gasteiger partial charge in [0.2, 0.25) is 0 Å². The standard InChI is InChI=1S/C19H10F4O5S/c20-12-5-9(6-13(21)17(12)24)19(10-7-14(22)18(25)15(23)8-10)11-3-1-2-4-16(11)29(26,27)28-19/h1-8,24-25H/i20-1,21-1,22-1,23-1. The third kappa shape index (κ3) is 2.67. The summed E-state index contributed by atoms with van der Waals surface area (Å²) < 4.78 is 86.8. The van der Waals surface area contributed by atoms with E-state index in [0.29, 0.717) is 24.3 Å². The van der Waals surface area contributed by atoms with E-state index in [1.165, 1.54) is 18.2 Å². The lowest BCUT2D eigenvalue weighted by Gasteiger charge is -2.29. The molecule has 3 aromatic rings. The van der Waals surface area contributed by atoms with Crippen molar-refractivity contribution in [2.24, 2.45) is 0 Å². The largest absolute Gasteiger partial charge is 0.503 e. The quantitative estimate of drug-likeness (QED) is 0.487. The molecule has 0 bridgehead atoms. The van der Waals surface area contributed by atoms with Crippen molar-refractivity contribution in [2.45, 2.75) is 10.5 Å². The lowest BCUT2D eigenvalue weighted by Crippen LogP contribution is -2.30. The third-order valence-electron chi connectivity index (χ3n) is 4.62. The highest BCUT2D eigenvalue weighted by molar-refractivity contribution is 7.87. The fraction of sp³-hybridized carbons (Fsp3) is 0.0526. The van der Waals surface area contributed by atoms with Crippen LogP contribution in [0.5, 0.6) is 11.5 Å². The van der Waals surface area contributed by atoms with Gasteiger partial charge in [0.05, 0.1) is 0 Å². The topological polar surface area (TPSA) is 83.8 Å². The van der Waals surface area contributed by atoms with Crippen LogP contribution in [0.4, 0.5) is 17.6 Å². The monoisotopic (exact) mass is 422 g/mol. The number of fused-ring (bicyclic) bond motifs is 1. The van der Waals surface area contributed by atoms with Gasteiger partial charge in [-0.15, -0.1) is 0 Å². The van der Waals surface area contributed by atoms with Crippen LogP contribution in [0.25, 0.3) is 0 Å². The number of hydrogen-bond donors (Lipinski definition) is 2. The van der Waals surface area contributed by atoms with Gasteiger partial charge in [-0.2, -0.15) is 8.42 Å². The van der Waals surface area contributed by atoms with E-state index in [9.17, 15) is 36.2 Å². The Hall–Kier alpha value is -3.11. The summed E-state index contributed by atoms with van der Waals surface area (Å²) in [6.45, 7) is 0. The highest BCUT2D eigenvalue weighted by Crippen LogP contribution is 2.51. The lowest BCUT2D eigenvalue weighted by atomic mass is 9.80. The maximum Gasteiger partial charge on any atom is 0.298 e. The molecule has 1 heterocycles. The zero-order valence-electron chi connectivity index (χ0n) is 14.2. The van der Waals surface area contributed by atoms with E-state index in [1.807, 2.05) is 0 Å². The summed E-state index contributed by atoms with van der Waals surface area (Å²) in [5.41, 5.74) is -3.50. The second-order valence-corrected chi connectivity index (χ2v) is 7.81. The van der Waals surface area contributed by atoms with E-state index in [0.717, 1.165) is 6.07 Å². The molecule has 0 saturated carbocycles. The van der Waals surface area contributed by atoms with E-state index in [2.05, 4.69) is 0 Å². The van der Waals surface area contributed by atoms with Crippen LogP contribution in [0.1, 0.15) is 16.7 Å². The second kappa shape index (κ2) is 6.19. The Labute approximate surface area is 161 Å². The Balaban J connectivity index is 2.16. The Morgan fingerprint density at radius 2 is 1.17 bits per heavy atom. The van der Waals surface area contributed by atoms with Crippen LogP contribution in [0.15, 0.2) is 53.4 Å². The van der Waals surface area contributed by atoms with Gasteiger partial charge in [-0.1, -0.05) is 18.2 Å². The normalized spacial score (nSPS) is 16.6. The number of halogens is 4. The van der Waals surface area contributed by atoms with Gasteiger partial charge in [0.1, 0.15) is 4.90 Å². The summed E-state index contributed by atoms with van der Waals surface area (Å²) in [6.07, 6.45) is 0. The van der Waals surface area contributed by atoms with Gasteiger partial charge in [0, 0.05) is 16.7 Å². The van der Waals surface area contributed by atoms with E-state index in [1.54, 1.807) is 0 Å². The summed E-state index contributed by atoms with van der Waals surface area (Å²) in [7, 11) is -4.50. The average molecular weight is 422 g/mol. The van der Waals surface area contributed by atoms with Crippen LogP contribution in [0.2, 0.25) is 0 Å². The van der Waals surface area contributed by atoms with E-state index < -0.39 is 61.6 Å². The maximum absolute atomic E-state index is 14.1. The van der Waals surface area contributed by atoms with Crippen LogP contribution in [0.3, 0.4) is 0 Å². The average Bonchev–Trinajstić information content (AvgIpc) is 2.92. The van der Waals surface area contributed by atoms with Crippen LogP contribution in [-0.4, -0.2) is 18.6 Å². The molecule has 0 fully saturated rings. The molecule has 0 radical (unpaired) electrons. The predicted molar refractivity (Wildman–Crippen MR) is 90.6 cm³/mol. The molecule has 0 aliphatic carbocycles. The zero-order valence-corrected chi connectivity index (χ0v) is 15.0. The van der Waals surface area contributed by atoms with Crippen molar-refractivity contribution in [1.82, 2.24) is 0 Å². The van der Waals surface area contributed by atoms with Gasteiger partial charge >= 0.3 is 0 Å². The molecule has 0 saturated heterocycles. The molecule has 0 spiro atoms. The summed E-state index contributed by atoms with van der Waals surface area (Å²) in [5.74, 6) is -8.40. The van der Waals surface area contributed by atoms with Gasteiger partial charge in [0.15, 0.2) is 40.4 Å². The first-order chi connectivity index (χ1) is 13.6.